The van der Waals surface area contributed by atoms with Gasteiger partial charge in [-0.15, -0.1) is 22.7 Å². The fourth-order valence-electron chi connectivity index (χ4n) is 9.29. The van der Waals surface area contributed by atoms with Crippen LogP contribution in [0.4, 0.5) is 27.5 Å². The van der Waals surface area contributed by atoms with Crippen molar-refractivity contribution in [3.8, 4) is 32.4 Å². The standard InChI is InChI=1S/C29H34N4O8S2.C26H29N3O9S3/c1-3-30-29(38)32-23-10-5-4-7-20(23)17-43(39,40)33-13-11-21(12-14-33)31-22-9-6-8-19(15-22)26-18(2)25(41-16-24(34)35)27(42-26)28(36)37;1-40(34,35)28-21-8-3-2-5-18(21)16-41(36,37)29-11-9-19(10-12-29)27-20-7-4-6-17(13-20)23-14-22(38-15-24(30)31)25(39-23)26(32)33/h4-10,15,21,31H,3,11-14,16-17H2,1-2H3,(H,34,35)(H,36,37)(H2,30,32,38);2-8,13-14,19,27-28H,9-12,15-16H2,1H3,(H,30,31)(H,32,33). The van der Waals surface area contributed by atoms with Crippen molar-refractivity contribution in [1.29, 1.82) is 0 Å². The van der Waals surface area contributed by atoms with E-state index in [1.807, 2.05) is 36.4 Å². The summed E-state index contributed by atoms with van der Waals surface area (Å²) in [6.07, 6.45) is 3.25. The van der Waals surface area contributed by atoms with Crippen LogP contribution < -0.4 is 35.5 Å². The number of nitrogens with one attached hydrogen (secondary N) is 5. The number of carbonyl (C=O) groups is 5. The summed E-state index contributed by atoms with van der Waals surface area (Å²) in [5, 5.41) is 49.1. The van der Waals surface area contributed by atoms with Crippen molar-refractivity contribution < 1.29 is 79.1 Å². The number of amides is 2. The number of hydrogen-bond acceptors (Lipinski definition) is 17. The lowest BCUT2D eigenvalue weighted by Gasteiger charge is -2.32. The number of carbonyl (C=O) groups excluding carboxylic acids is 1. The number of carboxylic acids is 4. The number of nitrogens with zero attached hydrogens (tertiary/aromatic N) is 2. The predicted molar refractivity (Wildman–Crippen MR) is 320 cm³/mol. The minimum absolute atomic E-state index is 0.0109. The smallest absolute Gasteiger partial charge is 0.349 e. The summed E-state index contributed by atoms with van der Waals surface area (Å²) in [6, 6.07) is 29.1. The molecule has 84 heavy (non-hydrogen) atoms. The highest BCUT2D eigenvalue weighted by Crippen LogP contribution is 2.43. The molecule has 29 heteroatoms. The average molecular weight is 1250 g/mol. The molecular formula is C55H63N7O17S5. The number of carboxylic acid groups (broad SMARTS) is 4. The van der Waals surface area contributed by atoms with Gasteiger partial charge in [-0.05, 0) is 104 Å². The van der Waals surface area contributed by atoms with Gasteiger partial charge in [0.2, 0.25) is 30.1 Å². The Labute approximate surface area is 493 Å². The summed E-state index contributed by atoms with van der Waals surface area (Å²) in [6.45, 7) is 3.89. The molecule has 8 rings (SSSR count). The lowest BCUT2D eigenvalue weighted by atomic mass is 10.0. The molecule has 2 fully saturated rings. The van der Waals surface area contributed by atoms with Crippen LogP contribution >= 0.6 is 22.7 Å². The van der Waals surface area contributed by atoms with Crippen molar-refractivity contribution >= 4 is 105 Å². The molecule has 6 aromatic rings. The number of urea groups is 1. The van der Waals surface area contributed by atoms with Gasteiger partial charge in [0.1, 0.15) is 11.5 Å². The van der Waals surface area contributed by atoms with Gasteiger partial charge in [-0.2, -0.15) is 0 Å². The SMILES string of the molecule is CCNC(=O)Nc1ccccc1CS(=O)(=O)N1CCC(Nc2cccc(-c3sc(C(=O)O)c(OCC(=O)O)c3C)c2)CC1.CS(=O)(=O)Nc1ccccc1CS(=O)(=O)N1CCC(Nc2cccc(-c3cc(OCC(=O)O)c(C(=O)O)s3)c2)CC1. The van der Waals surface area contributed by atoms with Gasteiger partial charge in [-0.1, -0.05) is 60.7 Å². The number of anilines is 4. The third-order valence-electron chi connectivity index (χ3n) is 13.2. The average Bonchev–Trinajstić information content (AvgIpc) is 2.85. The number of benzene rings is 4. The number of sulfonamides is 3. The van der Waals surface area contributed by atoms with Gasteiger partial charge >= 0.3 is 29.9 Å². The van der Waals surface area contributed by atoms with E-state index in [4.69, 9.17) is 19.7 Å². The molecule has 0 aliphatic carbocycles. The molecule has 450 valence electrons. The number of aromatic carboxylic acids is 2. The molecule has 2 aromatic heterocycles. The van der Waals surface area contributed by atoms with E-state index in [9.17, 15) is 59.4 Å². The predicted octanol–water partition coefficient (Wildman–Crippen LogP) is 7.79. The summed E-state index contributed by atoms with van der Waals surface area (Å²) in [7, 11) is -10.9. The Morgan fingerprint density at radius 1 is 0.607 bits per heavy atom. The minimum Gasteiger partial charge on any atom is -0.480 e. The van der Waals surface area contributed by atoms with Gasteiger partial charge < -0.3 is 51.2 Å². The largest absolute Gasteiger partial charge is 0.480 e. The fourth-order valence-corrected chi connectivity index (χ4v) is 15.1. The van der Waals surface area contributed by atoms with E-state index in [1.165, 1.54) is 20.7 Å². The number of ether oxygens (including phenoxy) is 2. The first-order valence-corrected chi connectivity index (χ1v) is 32.8. The Bertz CT molecular complexity index is 3730. The second-order valence-electron chi connectivity index (χ2n) is 19.5. The molecular weight excluding hydrogens is 1190 g/mol. The lowest BCUT2D eigenvalue weighted by molar-refractivity contribution is -0.140. The zero-order chi connectivity index (χ0) is 60.9. The number of piperidine rings is 2. The van der Waals surface area contributed by atoms with Gasteiger partial charge in [0.25, 0.3) is 0 Å². The number of rotatable bonds is 24. The molecule has 0 bridgehead atoms. The molecule has 0 atom stereocenters. The maximum Gasteiger partial charge on any atom is 0.349 e. The molecule has 0 unspecified atom stereocenters. The highest BCUT2D eigenvalue weighted by molar-refractivity contribution is 7.92. The van der Waals surface area contributed by atoms with Crippen molar-refractivity contribution in [2.75, 3.05) is 72.9 Å². The topological polar surface area (TPSA) is 354 Å². The van der Waals surface area contributed by atoms with Gasteiger partial charge in [-0.3, -0.25) is 4.72 Å². The van der Waals surface area contributed by atoms with Crippen molar-refractivity contribution in [1.82, 2.24) is 13.9 Å². The normalized spacial score (nSPS) is 14.5. The van der Waals surface area contributed by atoms with Crippen molar-refractivity contribution in [2.45, 2.75) is 63.1 Å². The highest BCUT2D eigenvalue weighted by atomic mass is 32.2. The third-order valence-corrected chi connectivity index (χ3v) is 19.9. The maximum atomic E-state index is 13.3. The zero-order valence-electron chi connectivity index (χ0n) is 45.7. The first kappa shape index (κ1) is 63.8. The van der Waals surface area contributed by atoms with Crippen LogP contribution in [0.3, 0.4) is 0 Å². The van der Waals surface area contributed by atoms with E-state index >= 15 is 0 Å². The molecule has 4 heterocycles. The molecule has 9 N–H and O–H groups in total. The van der Waals surface area contributed by atoms with E-state index in [2.05, 4.69) is 26.0 Å². The van der Waals surface area contributed by atoms with Crippen molar-refractivity contribution in [3.63, 3.8) is 0 Å². The van der Waals surface area contributed by atoms with Crippen LogP contribution in [0.25, 0.3) is 20.9 Å². The molecule has 24 nitrogen and oxygen atoms in total. The summed E-state index contributed by atoms with van der Waals surface area (Å²) in [4.78, 5) is 58.3. The Morgan fingerprint density at radius 2 is 1.10 bits per heavy atom. The van der Waals surface area contributed by atoms with Crippen LogP contribution in [0.2, 0.25) is 0 Å². The second-order valence-corrected chi connectivity index (χ2v) is 27.2. The van der Waals surface area contributed by atoms with Crippen LogP contribution in [0.15, 0.2) is 103 Å². The van der Waals surface area contributed by atoms with Crippen LogP contribution in [-0.4, -0.2) is 148 Å². The minimum atomic E-state index is -3.70. The Morgan fingerprint density at radius 3 is 1.61 bits per heavy atom. The molecule has 4 aromatic carbocycles. The number of para-hydroxylation sites is 2. The molecule has 2 amide bonds. The Hall–Kier alpha value is -7.80. The first-order chi connectivity index (χ1) is 39.8. The number of hydrogen-bond donors (Lipinski definition) is 9. The summed E-state index contributed by atoms with van der Waals surface area (Å²) in [5.74, 6) is -5.36. The molecule has 0 saturated carbocycles. The Balaban J connectivity index is 0.000000241. The van der Waals surface area contributed by atoms with Gasteiger partial charge in [0.05, 0.1) is 23.4 Å². The number of aliphatic carboxylic acids is 2. The molecule has 0 radical (unpaired) electrons. The maximum absolute atomic E-state index is 13.3. The van der Waals surface area contributed by atoms with Crippen LogP contribution in [0, 0.1) is 6.92 Å². The Kier molecular flexibility index (Phi) is 21.4. The first-order valence-electron chi connectivity index (χ1n) is 26.1. The molecule has 2 aliphatic rings. The molecule has 0 spiro atoms. The summed E-state index contributed by atoms with van der Waals surface area (Å²) < 4.78 is 91.9. The highest BCUT2D eigenvalue weighted by Gasteiger charge is 2.32. The summed E-state index contributed by atoms with van der Waals surface area (Å²) >= 11 is 2.00. The molecule has 2 saturated heterocycles. The molecule has 2 aliphatic heterocycles. The van der Waals surface area contributed by atoms with Crippen LogP contribution in [-0.2, 0) is 51.2 Å². The fraction of sp³-hybridized carbons (Fsp3) is 0.327. The van der Waals surface area contributed by atoms with E-state index in [1.54, 1.807) is 68.4 Å². The summed E-state index contributed by atoms with van der Waals surface area (Å²) in [5.41, 5.74) is 5.13. The van der Waals surface area contributed by atoms with Crippen molar-refractivity contribution in [2.24, 2.45) is 0 Å². The van der Waals surface area contributed by atoms with E-state index in [-0.39, 0.29) is 50.5 Å². The van der Waals surface area contributed by atoms with E-state index < -0.39 is 73.2 Å². The van der Waals surface area contributed by atoms with E-state index in [0.29, 0.717) is 96.1 Å². The third kappa shape index (κ3) is 17.6. The van der Waals surface area contributed by atoms with Crippen molar-refractivity contribution in [3.05, 3.63) is 130 Å². The zero-order valence-corrected chi connectivity index (χ0v) is 49.8. The van der Waals surface area contributed by atoms with Gasteiger partial charge in [0, 0.05) is 77.2 Å². The quantitative estimate of drug-likeness (QED) is 0.0279. The van der Waals surface area contributed by atoms with Crippen LogP contribution in [0.1, 0.15) is 68.6 Å². The van der Waals surface area contributed by atoms with Gasteiger partial charge in [-0.25, -0.2) is 57.8 Å². The second kappa shape index (κ2) is 28.2. The monoisotopic (exact) mass is 1250 g/mol. The number of thiophene rings is 2. The lowest BCUT2D eigenvalue weighted by Crippen LogP contribution is -2.42. The van der Waals surface area contributed by atoms with Crippen LogP contribution in [0.5, 0.6) is 11.5 Å². The van der Waals surface area contributed by atoms with E-state index in [0.717, 1.165) is 45.9 Å². The van der Waals surface area contributed by atoms with Gasteiger partial charge in [0.15, 0.2) is 23.0 Å².